The van der Waals surface area contributed by atoms with Crippen molar-refractivity contribution in [2.75, 3.05) is 11.1 Å². The average Bonchev–Trinajstić information content (AvgIpc) is 2.49. The van der Waals surface area contributed by atoms with E-state index in [0.29, 0.717) is 10.7 Å². The Morgan fingerprint density at radius 2 is 2.20 bits per heavy atom. The number of aromatic nitrogens is 3. The highest BCUT2D eigenvalue weighted by Gasteiger charge is 2.03. The molecular weight excluding hydrogens is 221 g/mol. The van der Waals surface area contributed by atoms with Gasteiger partial charge in [0.1, 0.15) is 5.82 Å². The Labute approximate surface area is 89.5 Å². The summed E-state index contributed by atoms with van der Waals surface area (Å²) in [5, 5.41) is 9.22. The molecule has 0 atom stereocenters. The third kappa shape index (κ3) is 2.35. The first-order valence-electron chi connectivity index (χ1n) is 4.04. The van der Waals surface area contributed by atoms with Crippen LogP contribution in [0.2, 0.25) is 5.02 Å². The van der Waals surface area contributed by atoms with Crippen LogP contribution in [0.1, 0.15) is 0 Å². The maximum atomic E-state index is 12.9. The topological polar surface area (TPSA) is 79.6 Å². The van der Waals surface area contributed by atoms with Crippen molar-refractivity contribution in [2.45, 2.75) is 0 Å². The van der Waals surface area contributed by atoms with Gasteiger partial charge in [0.05, 0.1) is 0 Å². The number of benzene rings is 1. The molecule has 2 aromatic rings. The number of nitrogens with two attached hydrogens (primary N) is 1. The molecule has 0 spiro atoms. The second-order valence-electron chi connectivity index (χ2n) is 2.83. The fraction of sp³-hybridized carbons (Fsp3) is 0. The molecule has 5 nitrogen and oxygen atoms in total. The largest absolute Gasteiger partial charge is 0.368 e. The lowest BCUT2D eigenvalue weighted by atomic mass is 10.3. The molecule has 2 rings (SSSR count). The van der Waals surface area contributed by atoms with E-state index in [0.717, 1.165) is 0 Å². The second-order valence-corrected chi connectivity index (χ2v) is 3.26. The molecule has 15 heavy (non-hydrogen) atoms. The number of nitrogens with zero attached hydrogens (tertiary/aromatic N) is 2. The number of halogens is 2. The minimum atomic E-state index is -0.437. The van der Waals surface area contributed by atoms with Crippen molar-refractivity contribution in [2.24, 2.45) is 0 Å². The number of hydrogen-bond acceptors (Lipinski definition) is 4. The molecule has 0 unspecified atom stereocenters. The Bertz CT molecular complexity index is 463. The molecule has 7 heteroatoms. The normalized spacial score (nSPS) is 10.3. The van der Waals surface area contributed by atoms with Crippen LogP contribution in [0.5, 0.6) is 0 Å². The van der Waals surface area contributed by atoms with E-state index in [9.17, 15) is 4.39 Å². The third-order valence-electron chi connectivity index (χ3n) is 1.62. The number of nitrogens with one attached hydrogen (secondary N) is 2. The summed E-state index contributed by atoms with van der Waals surface area (Å²) < 4.78 is 12.9. The van der Waals surface area contributed by atoms with Crippen LogP contribution < -0.4 is 11.1 Å². The van der Waals surface area contributed by atoms with Gasteiger partial charge in [-0.3, -0.25) is 0 Å². The van der Waals surface area contributed by atoms with Crippen LogP contribution in [0.15, 0.2) is 18.2 Å². The highest BCUT2D eigenvalue weighted by Crippen LogP contribution is 2.20. The number of rotatable bonds is 2. The fourth-order valence-corrected chi connectivity index (χ4v) is 1.31. The number of H-pyrrole nitrogens is 1. The van der Waals surface area contributed by atoms with Crippen LogP contribution in [0.25, 0.3) is 0 Å². The first-order chi connectivity index (χ1) is 7.13. The van der Waals surface area contributed by atoms with Gasteiger partial charge in [-0.2, -0.15) is 4.98 Å². The average molecular weight is 228 g/mol. The summed E-state index contributed by atoms with van der Waals surface area (Å²) in [6.45, 7) is 0. The lowest BCUT2D eigenvalue weighted by Crippen LogP contribution is -1.93. The quantitative estimate of drug-likeness (QED) is 0.732. The van der Waals surface area contributed by atoms with Crippen molar-refractivity contribution in [1.29, 1.82) is 0 Å². The zero-order valence-corrected chi connectivity index (χ0v) is 8.22. The molecule has 78 valence electrons. The predicted octanol–water partition coefficient (Wildman–Crippen LogP) is 1.92. The molecule has 0 fully saturated rings. The molecule has 0 bridgehead atoms. The monoisotopic (exact) mass is 227 g/mol. The Hall–Kier alpha value is -1.82. The zero-order valence-electron chi connectivity index (χ0n) is 7.46. The number of hydrogen-bond donors (Lipinski definition) is 3. The van der Waals surface area contributed by atoms with E-state index in [2.05, 4.69) is 20.5 Å². The predicted molar refractivity (Wildman–Crippen MR) is 55.5 cm³/mol. The minimum absolute atomic E-state index is 0.181. The molecule has 0 saturated heterocycles. The van der Waals surface area contributed by atoms with E-state index in [1.807, 2.05) is 0 Å². The molecule has 1 heterocycles. The van der Waals surface area contributed by atoms with Gasteiger partial charge in [0, 0.05) is 10.7 Å². The maximum absolute atomic E-state index is 12.9. The van der Waals surface area contributed by atoms with Crippen LogP contribution in [-0.4, -0.2) is 15.2 Å². The van der Waals surface area contributed by atoms with Gasteiger partial charge in [0.25, 0.3) is 0 Å². The molecule has 0 aliphatic rings. The highest BCUT2D eigenvalue weighted by atomic mass is 35.5. The summed E-state index contributed by atoms with van der Waals surface area (Å²) >= 11 is 5.67. The summed E-state index contributed by atoms with van der Waals surface area (Å²) in [7, 11) is 0. The van der Waals surface area contributed by atoms with E-state index < -0.39 is 5.82 Å². The van der Waals surface area contributed by atoms with Crippen molar-refractivity contribution in [3.05, 3.63) is 29.0 Å². The van der Waals surface area contributed by atoms with E-state index in [4.69, 9.17) is 17.3 Å². The molecular formula is C8H7ClFN5. The Morgan fingerprint density at radius 3 is 2.80 bits per heavy atom. The Morgan fingerprint density at radius 1 is 1.40 bits per heavy atom. The third-order valence-corrected chi connectivity index (χ3v) is 1.84. The molecule has 1 aromatic carbocycles. The van der Waals surface area contributed by atoms with Crippen LogP contribution in [-0.2, 0) is 0 Å². The first kappa shape index (κ1) is 9.72. The molecule has 0 saturated carbocycles. The van der Waals surface area contributed by atoms with E-state index in [-0.39, 0.29) is 11.9 Å². The van der Waals surface area contributed by atoms with Crippen molar-refractivity contribution in [1.82, 2.24) is 15.2 Å². The van der Waals surface area contributed by atoms with Gasteiger partial charge in [0.2, 0.25) is 11.9 Å². The van der Waals surface area contributed by atoms with Gasteiger partial charge in [-0.15, -0.1) is 5.10 Å². The van der Waals surface area contributed by atoms with E-state index >= 15 is 0 Å². The van der Waals surface area contributed by atoms with Crippen LogP contribution in [0.3, 0.4) is 0 Å². The summed E-state index contributed by atoms with van der Waals surface area (Å²) in [5.74, 6) is 0.00248. The minimum Gasteiger partial charge on any atom is -0.368 e. The molecule has 4 N–H and O–H groups in total. The van der Waals surface area contributed by atoms with Crippen LogP contribution in [0.4, 0.5) is 22.0 Å². The van der Waals surface area contributed by atoms with Crippen molar-refractivity contribution < 1.29 is 4.39 Å². The van der Waals surface area contributed by atoms with Gasteiger partial charge in [-0.05, 0) is 18.2 Å². The molecule has 0 aliphatic heterocycles. The summed E-state index contributed by atoms with van der Waals surface area (Å²) in [5.41, 5.74) is 5.78. The summed E-state index contributed by atoms with van der Waals surface area (Å²) in [6, 6.07) is 4.04. The van der Waals surface area contributed by atoms with Gasteiger partial charge in [-0.25, -0.2) is 9.49 Å². The maximum Gasteiger partial charge on any atom is 0.248 e. The Kier molecular flexibility index (Phi) is 2.42. The summed E-state index contributed by atoms with van der Waals surface area (Å²) in [6.07, 6.45) is 0. The summed E-state index contributed by atoms with van der Waals surface area (Å²) in [4.78, 5) is 3.80. The van der Waals surface area contributed by atoms with Gasteiger partial charge in [0.15, 0.2) is 0 Å². The molecule has 1 aromatic heterocycles. The fourth-order valence-electron chi connectivity index (χ4n) is 1.09. The van der Waals surface area contributed by atoms with Gasteiger partial charge in [-0.1, -0.05) is 11.6 Å². The lowest BCUT2D eigenvalue weighted by Gasteiger charge is -2.01. The standard InChI is InChI=1S/C8H7ClFN5/c9-4-1-5(10)3-6(2-4)12-8-13-7(11)14-15-8/h1-3H,(H4,11,12,13,14,15). The SMILES string of the molecule is Nc1nc(Nc2cc(F)cc(Cl)c2)n[nH]1. The Balaban J connectivity index is 2.24. The van der Waals surface area contributed by atoms with Crippen molar-refractivity contribution in [3.8, 4) is 0 Å². The molecule has 0 amide bonds. The molecule has 0 aliphatic carbocycles. The number of nitrogen functional groups attached to an aromatic ring is 1. The zero-order chi connectivity index (χ0) is 10.8. The van der Waals surface area contributed by atoms with E-state index in [1.54, 1.807) is 6.07 Å². The van der Waals surface area contributed by atoms with Crippen molar-refractivity contribution in [3.63, 3.8) is 0 Å². The van der Waals surface area contributed by atoms with Gasteiger partial charge >= 0.3 is 0 Å². The number of aromatic amines is 1. The lowest BCUT2D eigenvalue weighted by molar-refractivity contribution is 0.628. The molecule has 0 radical (unpaired) electrons. The van der Waals surface area contributed by atoms with Gasteiger partial charge < -0.3 is 11.1 Å². The highest BCUT2D eigenvalue weighted by molar-refractivity contribution is 6.30. The number of anilines is 3. The first-order valence-corrected chi connectivity index (χ1v) is 4.42. The second kappa shape index (κ2) is 3.74. The smallest absolute Gasteiger partial charge is 0.248 e. The van der Waals surface area contributed by atoms with Crippen LogP contribution in [0, 0.1) is 5.82 Å². The van der Waals surface area contributed by atoms with Crippen molar-refractivity contribution >= 4 is 29.2 Å². The van der Waals surface area contributed by atoms with Crippen LogP contribution >= 0.6 is 11.6 Å². The van der Waals surface area contributed by atoms with E-state index in [1.165, 1.54) is 12.1 Å².